The van der Waals surface area contributed by atoms with E-state index in [1.807, 2.05) is 6.92 Å². The molecule has 0 aromatic heterocycles. The molecule has 1 saturated heterocycles. The number of nitrogens with zero attached hydrogens (tertiary/aromatic N) is 1. The van der Waals surface area contributed by atoms with Crippen molar-refractivity contribution in [1.82, 2.24) is 9.62 Å². The largest absolute Gasteiger partial charge is 0.340 e. The van der Waals surface area contributed by atoms with Gasteiger partial charge in [0.05, 0.1) is 12.3 Å². The number of hydrogen-bond donors (Lipinski definition) is 2. The molecular formula is C10H21N3O3S. The number of carbonyl (C=O) groups is 1. The molecule has 1 amide bonds. The van der Waals surface area contributed by atoms with Crippen LogP contribution in [0.25, 0.3) is 0 Å². The first-order chi connectivity index (χ1) is 7.83. The number of carbonyl (C=O) groups excluding carboxylic acids is 1. The monoisotopic (exact) mass is 263 g/mol. The van der Waals surface area contributed by atoms with Crippen molar-refractivity contribution >= 4 is 15.9 Å². The third-order valence-corrected chi connectivity index (χ3v) is 3.63. The number of rotatable bonds is 4. The smallest absolute Gasteiger partial charge is 0.239 e. The van der Waals surface area contributed by atoms with Crippen LogP contribution in [0.15, 0.2) is 0 Å². The van der Waals surface area contributed by atoms with E-state index in [0.29, 0.717) is 19.5 Å². The Hall–Kier alpha value is -0.660. The third kappa shape index (κ3) is 4.61. The van der Waals surface area contributed by atoms with Crippen LogP contribution < -0.4 is 10.5 Å². The molecule has 2 unspecified atom stereocenters. The van der Waals surface area contributed by atoms with Crippen molar-refractivity contribution in [3.63, 3.8) is 0 Å². The van der Waals surface area contributed by atoms with Gasteiger partial charge in [-0.3, -0.25) is 4.79 Å². The van der Waals surface area contributed by atoms with Crippen LogP contribution in [0, 0.1) is 0 Å². The van der Waals surface area contributed by atoms with Gasteiger partial charge >= 0.3 is 0 Å². The van der Waals surface area contributed by atoms with Crippen LogP contribution in [0.5, 0.6) is 0 Å². The van der Waals surface area contributed by atoms with Gasteiger partial charge in [-0.15, -0.1) is 0 Å². The molecular weight excluding hydrogens is 242 g/mol. The second kappa shape index (κ2) is 5.79. The Kier molecular flexibility index (Phi) is 4.91. The predicted octanol–water partition coefficient (Wildman–Crippen LogP) is -0.736. The van der Waals surface area contributed by atoms with Crippen molar-refractivity contribution in [2.24, 2.45) is 5.73 Å². The average molecular weight is 263 g/mol. The van der Waals surface area contributed by atoms with Gasteiger partial charge in [0, 0.05) is 19.1 Å². The molecule has 1 aliphatic heterocycles. The van der Waals surface area contributed by atoms with E-state index in [1.54, 1.807) is 4.90 Å². The van der Waals surface area contributed by atoms with Gasteiger partial charge in [-0.25, -0.2) is 13.1 Å². The van der Waals surface area contributed by atoms with E-state index in [2.05, 4.69) is 4.72 Å². The maximum Gasteiger partial charge on any atom is 0.239 e. The van der Waals surface area contributed by atoms with Crippen molar-refractivity contribution in [2.75, 3.05) is 19.3 Å². The first-order valence-corrected chi connectivity index (χ1v) is 7.74. The summed E-state index contributed by atoms with van der Waals surface area (Å²) in [4.78, 5) is 13.5. The van der Waals surface area contributed by atoms with Crippen LogP contribution in [0.3, 0.4) is 0 Å². The molecule has 100 valence electrons. The highest BCUT2D eigenvalue weighted by Gasteiger charge is 2.27. The zero-order valence-corrected chi connectivity index (χ0v) is 11.2. The summed E-state index contributed by atoms with van der Waals surface area (Å²) in [5, 5.41) is 0. The normalized spacial score (nSPS) is 23.5. The summed E-state index contributed by atoms with van der Waals surface area (Å²) >= 11 is 0. The molecule has 0 aromatic rings. The first-order valence-electron chi connectivity index (χ1n) is 5.85. The van der Waals surface area contributed by atoms with Crippen LogP contribution in [0.2, 0.25) is 0 Å². The zero-order valence-electron chi connectivity index (χ0n) is 10.3. The molecule has 0 bridgehead atoms. The van der Waals surface area contributed by atoms with Crippen molar-refractivity contribution in [3.05, 3.63) is 0 Å². The molecule has 3 N–H and O–H groups in total. The third-order valence-electron chi connectivity index (χ3n) is 2.87. The van der Waals surface area contributed by atoms with Crippen molar-refractivity contribution in [1.29, 1.82) is 0 Å². The van der Waals surface area contributed by atoms with Crippen LogP contribution in [-0.2, 0) is 14.8 Å². The van der Waals surface area contributed by atoms with E-state index < -0.39 is 16.1 Å². The van der Waals surface area contributed by atoms with Gasteiger partial charge in [-0.05, 0) is 19.3 Å². The Morgan fingerprint density at radius 2 is 2.24 bits per heavy atom. The fraction of sp³-hybridized carbons (Fsp3) is 0.900. The lowest BCUT2D eigenvalue weighted by Crippen LogP contribution is -2.53. The van der Waals surface area contributed by atoms with Gasteiger partial charge in [-0.2, -0.15) is 0 Å². The molecule has 0 radical (unpaired) electrons. The van der Waals surface area contributed by atoms with Gasteiger partial charge < -0.3 is 10.6 Å². The number of amides is 1. The van der Waals surface area contributed by atoms with Gasteiger partial charge in [-0.1, -0.05) is 6.92 Å². The molecule has 0 aliphatic carbocycles. The Morgan fingerprint density at radius 1 is 1.59 bits per heavy atom. The highest BCUT2D eigenvalue weighted by atomic mass is 32.2. The lowest BCUT2D eigenvalue weighted by atomic mass is 10.1. The minimum atomic E-state index is -3.22. The minimum Gasteiger partial charge on any atom is -0.340 e. The zero-order chi connectivity index (χ0) is 13.1. The number of nitrogens with one attached hydrogen (secondary N) is 1. The van der Waals surface area contributed by atoms with E-state index in [-0.39, 0.29) is 11.9 Å². The van der Waals surface area contributed by atoms with E-state index in [1.165, 1.54) is 0 Å². The summed E-state index contributed by atoms with van der Waals surface area (Å²) < 4.78 is 24.8. The number of piperidine rings is 1. The lowest BCUT2D eigenvalue weighted by Gasteiger charge is -2.34. The molecule has 0 saturated carbocycles. The Balaban J connectivity index is 2.57. The molecule has 6 nitrogen and oxygen atoms in total. The minimum absolute atomic E-state index is 0.0903. The lowest BCUT2D eigenvalue weighted by molar-refractivity contribution is -0.133. The fourth-order valence-corrected chi connectivity index (χ4v) is 2.78. The molecule has 1 aliphatic rings. The second-order valence-corrected chi connectivity index (χ2v) is 6.31. The summed E-state index contributed by atoms with van der Waals surface area (Å²) in [5.74, 6) is -0.0903. The van der Waals surface area contributed by atoms with E-state index in [4.69, 9.17) is 5.73 Å². The average Bonchev–Trinajstić information content (AvgIpc) is 2.25. The molecule has 0 spiro atoms. The molecule has 1 heterocycles. The Bertz CT molecular complexity index is 369. The molecule has 2 atom stereocenters. The Morgan fingerprint density at radius 3 is 2.76 bits per heavy atom. The number of likely N-dealkylation sites (tertiary alicyclic amines) is 1. The summed E-state index contributed by atoms with van der Waals surface area (Å²) in [6.45, 7) is 2.94. The highest BCUT2D eigenvalue weighted by molar-refractivity contribution is 7.88. The molecule has 7 heteroatoms. The second-order valence-electron chi connectivity index (χ2n) is 4.53. The van der Waals surface area contributed by atoms with Gasteiger partial charge in [0.1, 0.15) is 0 Å². The predicted molar refractivity (Wildman–Crippen MR) is 65.8 cm³/mol. The van der Waals surface area contributed by atoms with Gasteiger partial charge in [0.2, 0.25) is 15.9 Å². The highest BCUT2D eigenvalue weighted by Crippen LogP contribution is 2.12. The van der Waals surface area contributed by atoms with Crippen LogP contribution in [0.1, 0.15) is 26.2 Å². The molecule has 1 fully saturated rings. The quantitative estimate of drug-likeness (QED) is 0.699. The number of sulfonamides is 1. The maximum absolute atomic E-state index is 11.9. The fourth-order valence-electron chi connectivity index (χ4n) is 1.99. The Labute approximate surface area is 103 Å². The van der Waals surface area contributed by atoms with Crippen molar-refractivity contribution < 1.29 is 13.2 Å². The summed E-state index contributed by atoms with van der Waals surface area (Å²) in [7, 11) is -3.22. The van der Waals surface area contributed by atoms with Crippen molar-refractivity contribution in [2.45, 2.75) is 38.3 Å². The van der Waals surface area contributed by atoms with E-state index >= 15 is 0 Å². The maximum atomic E-state index is 11.9. The van der Waals surface area contributed by atoms with Crippen molar-refractivity contribution in [3.8, 4) is 0 Å². The van der Waals surface area contributed by atoms with Crippen LogP contribution >= 0.6 is 0 Å². The summed E-state index contributed by atoms with van der Waals surface area (Å²) in [6, 6.07) is -0.668. The summed E-state index contributed by atoms with van der Waals surface area (Å²) in [6.07, 6.45) is 3.29. The molecule has 0 aromatic carbocycles. The van der Waals surface area contributed by atoms with Crippen LogP contribution in [-0.4, -0.2) is 50.7 Å². The van der Waals surface area contributed by atoms with Crippen LogP contribution in [0.4, 0.5) is 0 Å². The topological polar surface area (TPSA) is 92.5 Å². The van der Waals surface area contributed by atoms with E-state index in [0.717, 1.165) is 19.1 Å². The van der Waals surface area contributed by atoms with E-state index in [9.17, 15) is 13.2 Å². The molecule has 17 heavy (non-hydrogen) atoms. The SMILES string of the molecule is CCC(N)C(=O)N1CCCC(NS(C)(=O)=O)C1. The van der Waals surface area contributed by atoms with Gasteiger partial charge in [0.25, 0.3) is 0 Å². The first kappa shape index (κ1) is 14.4. The molecule has 1 rings (SSSR count). The number of nitrogens with two attached hydrogens (primary N) is 1. The number of hydrogen-bond acceptors (Lipinski definition) is 4. The summed E-state index contributed by atoms with van der Waals surface area (Å²) in [5.41, 5.74) is 5.69. The van der Waals surface area contributed by atoms with Gasteiger partial charge in [0.15, 0.2) is 0 Å². The standard InChI is InChI=1S/C10H21N3O3S/c1-3-9(11)10(14)13-6-4-5-8(7-13)12-17(2,15)16/h8-9,12H,3-7,11H2,1-2H3.